The molecule has 0 aliphatic rings. The van der Waals surface area contributed by atoms with Gasteiger partial charge in [0.25, 0.3) is 0 Å². The molecular weight excluding hydrogens is 274 g/mol. The number of carbonyl (C=O) groups is 1. The summed E-state index contributed by atoms with van der Waals surface area (Å²) in [4.78, 5) is 11.9. The fourth-order valence-electron chi connectivity index (χ4n) is 1.95. The van der Waals surface area contributed by atoms with Crippen LogP contribution in [0.3, 0.4) is 0 Å². The van der Waals surface area contributed by atoms with Gasteiger partial charge in [0.1, 0.15) is 5.75 Å². The first-order valence-corrected chi connectivity index (χ1v) is 7.46. The number of amides is 1. The molecule has 1 amide bonds. The summed E-state index contributed by atoms with van der Waals surface area (Å²) < 4.78 is 5.52. The Labute approximate surface area is 131 Å². The average Bonchev–Trinajstić information content (AvgIpc) is 2.54. The van der Waals surface area contributed by atoms with E-state index in [2.05, 4.69) is 12.2 Å². The van der Waals surface area contributed by atoms with Crippen LogP contribution in [0.4, 0.5) is 5.69 Å². The third-order valence-electron chi connectivity index (χ3n) is 3.18. The SMILES string of the molecule is CCCOc1ccc(/C=C/C(=O)Nc2ccccc2C)cc1. The van der Waals surface area contributed by atoms with Crippen LogP contribution < -0.4 is 10.1 Å². The number of para-hydroxylation sites is 1. The van der Waals surface area contributed by atoms with Crippen molar-refractivity contribution in [2.75, 3.05) is 11.9 Å². The molecule has 3 heteroatoms. The number of hydrogen-bond acceptors (Lipinski definition) is 2. The van der Waals surface area contributed by atoms with Crippen molar-refractivity contribution < 1.29 is 9.53 Å². The van der Waals surface area contributed by atoms with Gasteiger partial charge in [-0.05, 0) is 48.7 Å². The maximum Gasteiger partial charge on any atom is 0.248 e. The van der Waals surface area contributed by atoms with E-state index >= 15 is 0 Å². The number of ether oxygens (including phenoxy) is 1. The molecule has 0 bridgehead atoms. The van der Waals surface area contributed by atoms with Crippen LogP contribution in [0.25, 0.3) is 6.08 Å². The molecule has 22 heavy (non-hydrogen) atoms. The van der Waals surface area contributed by atoms with Crippen LogP contribution in [0.15, 0.2) is 54.6 Å². The Morgan fingerprint density at radius 3 is 2.55 bits per heavy atom. The molecular formula is C19H21NO2. The predicted octanol–water partition coefficient (Wildman–Crippen LogP) is 4.44. The quantitative estimate of drug-likeness (QED) is 0.800. The summed E-state index contributed by atoms with van der Waals surface area (Å²) in [6.07, 6.45) is 4.31. The first kappa shape index (κ1) is 15.8. The number of benzene rings is 2. The molecule has 0 aliphatic carbocycles. The second kappa shape index (κ2) is 8.03. The molecule has 3 nitrogen and oxygen atoms in total. The van der Waals surface area contributed by atoms with Gasteiger partial charge in [-0.3, -0.25) is 4.79 Å². The summed E-state index contributed by atoms with van der Waals surface area (Å²) in [5.41, 5.74) is 2.84. The Morgan fingerprint density at radius 2 is 1.86 bits per heavy atom. The third kappa shape index (κ3) is 4.77. The molecule has 1 N–H and O–H groups in total. The van der Waals surface area contributed by atoms with Gasteiger partial charge >= 0.3 is 0 Å². The molecule has 2 aromatic rings. The normalized spacial score (nSPS) is 10.6. The van der Waals surface area contributed by atoms with Crippen LogP contribution in [0, 0.1) is 6.92 Å². The molecule has 0 aromatic heterocycles. The molecule has 2 rings (SSSR count). The summed E-state index contributed by atoms with van der Waals surface area (Å²) in [5.74, 6) is 0.712. The highest BCUT2D eigenvalue weighted by Crippen LogP contribution is 2.15. The Balaban J connectivity index is 1.93. The Kier molecular flexibility index (Phi) is 5.78. The second-order valence-corrected chi connectivity index (χ2v) is 5.06. The molecule has 0 saturated carbocycles. The number of aryl methyl sites for hydroxylation is 1. The predicted molar refractivity (Wildman–Crippen MR) is 91.1 cm³/mol. The van der Waals surface area contributed by atoms with E-state index in [0.717, 1.165) is 29.0 Å². The maximum atomic E-state index is 11.9. The summed E-state index contributed by atoms with van der Waals surface area (Å²) in [7, 11) is 0. The van der Waals surface area contributed by atoms with Gasteiger partial charge in [-0.2, -0.15) is 0 Å². The van der Waals surface area contributed by atoms with Crippen LogP contribution in [0.1, 0.15) is 24.5 Å². The van der Waals surface area contributed by atoms with Gasteiger partial charge in [0.05, 0.1) is 6.61 Å². The number of anilines is 1. The molecule has 2 aromatic carbocycles. The Hall–Kier alpha value is -2.55. The van der Waals surface area contributed by atoms with Crippen LogP contribution in [0.5, 0.6) is 5.75 Å². The summed E-state index contributed by atoms with van der Waals surface area (Å²) in [5, 5.41) is 2.87. The van der Waals surface area contributed by atoms with E-state index in [-0.39, 0.29) is 5.91 Å². The van der Waals surface area contributed by atoms with Gasteiger partial charge in [0, 0.05) is 11.8 Å². The number of hydrogen-bond donors (Lipinski definition) is 1. The lowest BCUT2D eigenvalue weighted by Gasteiger charge is -2.05. The zero-order valence-corrected chi connectivity index (χ0v) is 13.0. The molecule has 0 heterocycles. The first-order valence-electron chi connectivity index (χ1n) is 7.46. The minimum atomic E-state index is -0.138. The van der Waals surface area contributed by atoms with E-state index in [9.17, 15) is 4.79 Å². The van der Waals surface area contributed by atoms with Crippen LogP contribution in [-0.2, 0) is 4.79 Å². The summed E-state index contributed by atoms with van der Waals surface area (Å²) >= 11 is 0. The van der Waals surface area contributed by atoms with Crippen molar-refractivity contribution >= 4 is 17.7 Å². The number of nitrogens with one attached hydrogen (secondary N) is 1. The molecule has 0 spiro atoms. The van der Waals surface area contributed by atoms with Crippen molar-refractivity contribution in [2.45, 2.75) is 20.3 Å². The largest absolute Gasteiger partial charge is 0.494 e. The Morgan fingerprint density at radius 1 is 1.14 bits per heavy atom. The van der Waals surface area contributed by atoms with Crippen LogP contribution in [0.2, 0.25) is 0 Å². The zero-order chi connectivity index (χ0) is 15.8. The van der Waals surface area contributed by atoms with Gasteiger partial charge < -0.3 is 10.1 Å². The zero-order valence-electron chi connectivity index (χ0n) is 13.0. The molecule has 0 fully saturated rings. The molecule has 0 unspecified atom stereocenters. The summed E-state index contributed by atoms with van der Waals surface area (Å²) in [6.45, 7) is 4.76. The lowest BCUT2D eigenvalue weighted by molar-refractivity contribution is -0.111. The van der Waals surface area contributed by atoms with Crippen molar-refractivity contribution in [3.8, 4) is 5.75 Å². The van der Waals surface area contributed by atoms with Gasteiger partial charge in [0.2, 0.25) is 5.91 Å². The fraction of sp³-hybridized carbons (Fsp3) is 0.211. The van der Waals surface area contributed by atoms with Gasteiger partial charge in [-0.15, -0.1) is 0 Å². The van der Waals surface area contributed by atoms with Gasteiger partial charge in [-0.1, -0.05) is 37.3 Å². The smallest absolute Gasteiger partial charge is 0.248 e. The summed E-state index contributed by atoms with van der Waals surface area (Å²) in [6, 6.07) is 15.4. The highest BCUT2D eigenvalue weighted by Gasteiger charge is 2.00. The Bertz CT molecular complexity index is 645. The van der Waals surface area contributed by atoms with E-state index in [0.29, 0.717) is 6.61 Å². The maximum absolute atomic E-state index is 11.9. The topological polar surface area (TPSA) is 38.3 Å². The lowest BCUT2D eigenvalue weighted by atomic mass is 10.2. The second-order valence-electron chi connectivity index (χ2n) is 5.06. The monoisotopic (exact) mass is 295 g/mol. The van der Waals surface area contributed by atoms with Crippen molar-refractivity contribution in [1.82, 2.24) is 0 Å². The lowest BCUT2D eigenvalue weighted by Crippen LogP contribution is -2.08. The fourth-order valence-corrected chi connectivity index (χ4v) is 1.95. The van der Waals surface area contributed by atoms with E-state index in [4.69, 9.17) is 4.74 Å². The molecule has 0 saturated heterocycles. The van der Waals surface area contributed by atoms with Crippen LogP contribution >= 0.6 is 0 Å². The van der Waals surface area contributed by atoms with Crippen LogP contribution in [-0.4, -0.2) is 12.5 Å². The first-order chi connectivity index (χ1) is 10.7. The van der Waals surface area contributed by atoms with E-state index in [1.54, 1.807) is 6.08 Å². The van der Waals surface area contributed by atoms with E-state index < -0.39 is 0 Å². The van der Waals surface area contributed by atoms with Crippen molar-refractivity contribution in [1.29, 1.82) is 0 Å². The molecule has 114 valence electrons. The minimum absolute atomic E-state index is 0.138. The van der Waals surface area contributed by atoms with Crippen molar-refractivity contribution in [3.63, 3.8) is 0 Å². The van der Waals surface area contributed by atoms with Gasteiger partial charge in [0.15, 0.2) is 0 Å². The average molecular weight is 295 g/mol. The standard InChI is InChI=1S/C19H21NO2/c1-3-14-22-17-11-8-16(9-12-17)10-13-19(21)20-18-7-5-4-6-15(18)2/h4-13H,3,14H2,1-2H3,(H,20,21)/b13-10+. The van der Waals surface area contributed by atoms with Gasteiger partial charge in [-0.25, -0.2) is 0 Å². The minimum Gasteiger partial charge on any atom is -0.494 e. The molecule has 0 aliphatic heterocycles. The molecule has 0 atom stereocenters. The number of rotatable bonds is 6. The highest BCUT2D eigenvalue weighted by atomic mass is 16.5. The van der Waals surface area contributed by atoms with E-state index in [1.807, 2.05) is 55.5 Å². The third-order valence-corrected chi connectivity index (χ3v) is 3.18. The van der Waals surface area contributed by atoms with Crippen molar-refractivity contribution in [3.05, 3.63) is 65.7 Å². The number of carbonyl (C=O) groups excluding carboxylic acids is 1. The van der Waals surface area contributed by atoms with E-state index in [1.165, 1.54) is 6.08 Å². The highest BCUT2D eigenvalue weighted by molar-refractivity contribution is 6.02. The molecule has 0 radical (unpaired) electrons. The van der Waals surface area contributed by atoms with Crippen molar-refractivity contribution in [2.24, 2.45) is 0 Å².